The van der Waals surface area contributed by atoms with E-state index in [4.69, 9.17) is 9.94 Å². The zero-order valence-electron chi connectivity index (χ0n) is 13.4. The number of hydrogen-bond donors (Lipinski definition) is 3. The number of nitrogens with one attached hydrogen (secondary N) is 2. The van der Waals surface area contributed by atoms with Gasteiger partial charge in [0.1, 0.15) is 5.60 Å². The van der Waals surface area contributed by atoms with Crippen LogP contribution in [0, 0.1) is 0 Å². The van der Waals surface area contributed by atoms with E-state index < -0.39 is 5.60 Å². The van der Waals surface area contributed by atoms with E-state index in [0.717, 1.165) is 18.5 Å². The molecule has 3 N–H and O–H groups in total. The minimum absolute atomic E-state index is 0.247. The Hall–Kier alpha value is -1.95. The van der Waals surface area contributed by atoms with E-state index in [1.807, 2.05) is 39.0 Å². The second kappa shape index (κ2) is 6.87. The molecule has 0 aliphatic carbocycles. The van der Waals surface area contributed by atoms with Gasteiger partial charge >= 0.3 is 6.09 Å². The zero-order valence-corrected chi connectivity index (χ0v) is 13.4. The van der Waals surface area contributed by atoms with E-state index in [1.54, 1.807) is 11.0 Å². The molecule has 1 aliphatic heterocycles. The molecule has 1 saturated heterocycles. The highest BCUT2D eigenvalue weighted by molar-refractivity contribution is 5.69. The molecule has 1 aromatic rings. The fourth-order valence-corrected chi connectivity index (χ4v) is 2.46. The monoisotopic (exact) mass is 307 g/mol. The first-order chi connectivity index (χ1) is 10.4. The number of hydrogen-bond acceptors (Lipinski definition) is 5. The fourth-order valence-electron chi connectivity index (χ4n) is 2.46. The van der Waals surface area contributed by atoms with Gasteiger partial charge in [-0.05, 0) is 45.7 Å². The quantitative estimate of drug-likeness (QED) is 0.747. The molecule has 0 spiro atoms. The van der Waals surface area contributed by atoms with Crippen LogP contribution >= 0.6 is 0 Å². The van der Waals surface area contributed by atoms with Crippen LogP contribution in [0.1, 0.15) is 33.6 Å². The first kappa shape index (κ1) is 16.4. The molecular weight excluding hydrogens is 282 g/mol. The Morgan fingerprint density at radius 2 is 1.82 bits per heavy atom. The average Bonchev–Trinajstić information content (AvgIpc) is 2.47. The molecule has 0 saturated carbocycles. The molecule has 0 bridgehead atoms. The fraction of sp³-hybridized carbons (Fsp3) is 0.562. The molecule has 1 aliphatic rings. The largest absolute Gasteiger partial charge is 0.444 e. The standard InChI is InChI=1S/C16H25N3O3/c1-16(2,3)22-15(20)19-10-8-12(9-11-19)17-13-6-4-5-7-14(13)18-21/h4-7,12,17-18,21H,8-11H2,1-3H3. The molecule has 1 amide bonds. The second-order valence-corrected chi connectivity index (χ2v) is 6.54. The van der Waals surface area contributed by atoms with E-state index in [0.29, 0.717) is 18.8 Å². The summed E-state index contributed by atoms with van der Waals surface area (Å²) in [5, 5.41) is 12.5. The van der Waals surface area contributed by atoms with Gasteiger partial charge in [0.05, 0.1) is 11.4 Å². The molecule has 22 heavy (non-hydrogen) atoms. The van der Waals surface area contributed by atoms with E-state index in [1.165, 1.54) is 0 Å². The topological polar surface area (TPSA) is 73.8 Å². The summed E-state index contributed by atoms with van der Waals surface area (Å²) >= 11 is 0. The SMILES string of the molecule is CC(C)(C)OC(=O)N1CCC(Nc2ccccc2NO)CC1. The third kappa shape index (κ3) is 4.53. The Kier molecular flexibility index (Phi) is 5.13. The molecule has 122 valence electrons. The second-order valence-electron chi connectivity index (χ2n) is 6.54. The Labute approximate surface area is 131 Å². The highest BCUT2D eigenvalue weighted by Crippen LogP contribution is 2.24. The van der Waals surface area contributed by atoms with Gasteiger partial charge in [-0.3, -0.25) is 10.7 Å². The smallest absolute Gasteiger partial charge is 0.410 e. The third-order valence-electron chi connectivity index (χ3n) is 3.55. The van der Waals surface area contributed by atoms with Gasteiger partial charge in [0.15, 0.2) is 0 Å². The lowest BCUT2D eigenvalue weighted by Crippen LogP contribution is -2.44. The van der Waals surface area contributed by atoms with Crippen molar-refractivity contribution < 1.29 is 14.7 Å². The average molecular weight is 307 g/mol. The number of ether oxygens (including phenoxy) is 1. The number of nitrogens with zero attached hydrogens (tertiary/aromatic N) is 1. The van der Waals surface area contributed by atoms with Crippen molar-refractivity contribution >= 4 is 17.5 Å². The van der Waals surface area contributed by atoms with Crippen molar-refractivity contribution in [3.8, 4) is 0 Å². The Balaban J connectivity index is 1.86. The minimum Gasteiger partial charge on any atom is -0.444 e. The van der Waals surface area contributed by atoms with Crippen LogP contribution in [-0.4, -0.2) is 40.9 Å². The van der Waals surface area contributed by atoms with Crippen molar-refractivity contribution in [2.24, 2.45) is 0 Å². The van der Waals surface area contributed by atoms with E-state index >= 15 is 0 Å². The summed E-state index contributed by atoms with van der Waals surface area (Å²) in [4.78, 5) is 13.8. The summed E-state index contributed by atoms with van der Waals surface area (Å²) in [5.74, 6) is 0. The van der Waals surface area contributed by atoms with E-state index in [-0.39, 0.29) is 12.1 Å². The molecule has 1 aromatic carbocycles. The number of likely N-dealkylation sites (tertiary alicyclic amines) is 1. The summed E-state index contributed by atoms with van der Waals surface area (Å²) in [6.45, 7) is 6.96. The maximum atomic E-state index is 12.0. The van der Waals surface area contributed by atoms with Gasteiger partial charge in [-0.25, -0.2) is 4.79 Å². The maximum absolute atomic E-state index is 12.0. The molecule has 0 aromatic heterocycles. The lowest BCUT2D eigenvalue weighted by atomic mass is 10.0. The Morgan fingerprint density at radius 1 is 1.23 bits per heavy atom. The van der Waals surface area contributed by atoms with Crippen LogP contribution in [0.4, 0.5) is 16.2 Å². The number of carbonyl (C=O) groups is 1. The van der Waals surface area contributed by atoms with Crippen LogP contribution in [0.15, 0.2) is 24.3 Å². The number of carbonyl (C=O) groups excluding carboxylic acids is 1. The lowest BCUT2D eigenvalue weighted by Gasteiger charge is -2.34. The van der Waals surface area contributed by atoms with Crippen molar-refractivity contribution in [1.82, 2.24) is 4.90 Å². The van der Waals surface area contributed by atoms with Crippen molar-refractivity contribution in [2.75, 3.05) is 23.9 Å². The van der Waals surface area contributed by atoms with Crippen LogP contribution in [-0.2, 0) is 4.74 Å². The molecule has 2 rings (SSSR count). The number of piperidine rings is 1. The predicted octanol–water partition coefficient (Wildman–Crippen LogP) is 3.30. The normalized spacial score (nSPS) is 16.3. The van der Waals surface area contributed by atoms with Crippen LogP contribution < -0.4 is 10.8 Å². The molecule has 6 nitrogen and oxygen atoms in total. The van der Waals surface area contributed by atoms with Crippen LogP contribution in [0.5, 0.6) is 0 Å². The molecule has 0 radical (unpaired) electrons. The highest BCUT2D eigenvalue weighted by Gasteiger charge is 2.26. The summed E-state index contributed by atoms with van der Waals surface area (Å²) in [7, 11) is 0. The van der Waals surface area contributed by atoms with E-state index in [9.17, 15) is 4.79 Å². The van der Waals surface area contributed by atoms with Crippen molar-refractivity contribution in [3.05, 3.63) is 24.3 Å². The summed E-state index contributed by atoms with van der Waals surface area (Å²) in [5.41, 5.74) is 3.24. The Morgan fingerprint density at radius 3 is 2.36 bits per heavy atom. The van der Waals surface area contributed by atoms with Gasteiger partial charge < -0.3 is 15.0 Å². The van der Waals surface area contributed by atoms with Gasteiger partial charge in [-0.1, -0.05) is 12.1 Å². The minimum atomic E-state index is -0.460. The summed E-state index contributed by atoms with van der Waals surface area (Å²) < 4.78 is 5.39. The van der Waals surface area contributed by atoms with Gasteiger partial charge in [0.2, 0.25) is 0 Å². The van der Waals surface area contributed by atoms with Gasteiger partial charge in [-0.2, -0.15) is 0 Å². The number of rotatable bonds is 3. The molecule has 0 unspecified atom stereocenters. The summed E-state index contributed by atoms with van der Waals surface area (Å²) in [6.07, 6.45) is 1.45. The predicted molar refractivity (Wildman–Crippen MR) is 86.3 cm³/mol. The van der Waals surface area contributed by atoms with Crippen LogP contribution in [0.3, 0.4) is 0 Å². The Bertz CT molecular complexity index is 506. The number of para-hydroxylation sites is 2. The van der Waals surface area contributed by atoms with Crippen molar-refractivity contribution in [2.45, 2.75) is 45.3 Å². The lowest BCUT2D eigenvalue weighted by molar-refractivity contribution is 0.0210. The molecule has 1 fully saturated rings. The van der Waals surface area contributed by atoms with E-state index in [2.05, 4.69) is 10.8 Å². The number of anilines is 2. The molecular formula is C16H25N3O3. The van der Waals surface area contributed by atoms with Crippen LogP contribution in [0.2, 0.25) is 0 Å². The molecule has 6 heteroatoms. The number of amides is 1. The third-order valence-corrected chi connectivity index (χ3v) is 3.55. The first-order valence-electron chi connectivity index (χ1n) is 7.62. The molecule has 1 heterocycles. The van der Waals surface area contributed by atoms with Crippen molar-refractivity contribution in [1.29, 1.82) is 0 Å². The van der Waals surface area contributed by atoms with Crippen molar-refractivity contribution in [3.63, 3.8) is 0 Å². The summed E-state index contributed by atoms with van der Waals surface area (Å²) in [6, 6.07) is 7.76. The highest BCUT2D eigenvalue weighted by atomic mass is 16.6. The maximum Gasteiger partial charge on any atom is 0.410 e. The van der Waals surface area contributed by atoms with Crippen LogP contribution in [0.25, 0.3) is 0 Å². The zero-order chi connectivity index (χ0) is 16.2. The van der Waals surface area contributed by atoms with Gasteiger partial charge in [0.25, 0.3) is 0 Å². The first-order valence-corrected chi connectivity index (χ1v) is 7.62. The molecule has 0 atom stereocenters. The van der Waals surface area contributed by atoms with Gasteiger partial charge in [0, 0.05) is 19.1 Å². The van der Waals surface area contributed by atoms with Gasteiger partial charge in [-0.15, -0.1) is 0 Å². The number of benzene rings is 1.